The van der Waals surface area contributed by atoms with Crippen molar-refractivity contribution in [2.75, 3.05) is 5.32 Å². The lowest BCUT2D eigenvalue weighted by Crippen LogP contribution is -2.39. The second-order valence-electron chi connectivity index (χ2n) is 7.99. The van der Waals surface area contributed by atoms with Gasteiger partial charge < -0.3 is 20.7 Å². The Bertz CT molecular complexity index is 929. The molecule has 7 heteroatoms. The van der Waals surface area contributed by atoms with Crippen molar-refractivity contribution >= 4 is 23.6 Å². The minimum Gasteiger partial charge on any atom is -0.449 e. The number of aryl methyl sites for hydroxylation is 3. The van der Waals surface area contributed by atoms with Gasteiger partial charge in [0.1, 0.15) is 0 Å². The largest absolute Gasteiger partial charge is 0.449 e. The van der Waals surface area contributed by atoms with E-state index in [1.165, 1.54) is 6.92 Å². The molecule has 0 bridgehead atoms. The first kappa shape index (κ1) is 23.9. The standard InChI is InChI=1S/C24H31N3O4/c1-14(2)26-24(30)25-13-19-7-9-20(10-8-19)23(29)31-18(6)22(28)27-21-16(4)11-15(3)12-17(21)5/h7-12,14,18H,13H2,1-6H3,(H,27,28)(H2,25,26,30). The average molecular weight is 426 g/mol. The summed E-state index contributed by atoms with van der Waals surface area (Å²) in [6, 6.07) is 10.5. The average Bonchev–Trinajstić information content (AvgIpc) is 2.68. The van der Waals surface area contributed by atoms with E-state index in [1.54, 1.807) is 24.3 Å². The van der Waals surface area contributed by atoms with Crippen LogP contribution in [0.5, 0.6) is 0 Å². The lowest BCUT2D eigenvalue weighted by molar-refractivity contribution is -0.123. The molecule has 3 N–H and O–H groups in total. The molecule has 7 nitrogen and oxygen atoms in total. The normalized spacial score (nSPS) is 11.6. The second kappa shape index (κ2) is 10.6. The molecule has 0 saturated heterocycles. The molecule has 0 aliphatic heterocycles. The Hall–Kier alpha value is -3.35. The minimum atomic E-state index is -0.950. The van der Waals surface area contributed by atoms with Crippen molar-refractivity contribution in [3.63, 3.8) is 0 Å². The number of benzene rings is 2. The highest BCUT2D eigenvalue weighted by Crippen LogP contribution is 2.22. The van der Waals surface area contributed by atoms with Crippen molar-refractivity contribution in [2.24, 2.45) is 0 Å². The third-order valence-corrected chi connectivity index (χ3v) is 4.64. The number of ether oxygens (including phenoxy) is 1. The lowest BCUT2D eigenvalue weighted by Gasteiger charge is -2.17. The second-order valence-corrected chi connectivity index (χ2v) is 7.99. The maximum absolute atomic E-state index is 12.5. The molecule has 166 valence electrons. The van der Waals surface area contributed by atoms with Gasteiger partial charge in [-0.2, -0.15) is 0 Å². The SMILES string of the molecule is Cc1cc(C)c(NC(=O)C(C)OC(=O)c2ccc(CNC(=O)NC(C)C)cc2)c(C)c1. The Kier molecular flexibility index (Phi) is 8.19. The number of amides is 3. The number of rotatable bonds is 7. The van der Waals surface area contributed by atoms with Crippen LogP contribution in [0.15, 0.2) is 36.4 Å². The highest BCUT2D eigenvalue weighted by molar-refractivity contribution is 5.98. The molecule has 31 heavy (non-hydrogen) atoms. The number of anilines is 1. The molecule has 0 spiro atoms. The Morgan fingerprint density at radius 2 is 1.52 bits per heavy atom. The highest BCUT2D eigenvalue weighted by Gasteiger charge is 2.20. The zero-order chi connectivity index (χ0) is 23.1. The van der Waals surface area contributed by atoms with Gasteiger partial charge in [0.2, 0.25) is 0 Å². The zero-order valence-corrected chi connectivity index (χ0v) is 19.0. The van der Waals surface area contributed by atoms with Gasteiger partial charge in [-0.25, -0.2) is 9.59 Å². The fourth-order valence-corrected chi connectivity index (χ4v) is 3.14. The highest BCUT2D eigenvalue weighted by atomic mass is 16.5. The topological polar surface area (TPSA) is 96.5 Å². The summed E-state index contributed by atoms with van der Waals surface area (Å²) in [6.45, 7) is 11.5. The summed E-state index contributed by atoms with van der Waals surface area (Å²) in [5, 5.41) is 8.33. The number of nitrogens with one attached hydrogen (secondary N) is 3. The molecule has 2 rings (SSSR count). The van der Waals surface area contributed by atoms with Gasteiger partial charge in [0.15, 0.2) is 6.10 Å². The molecule has 0 fully saturated rings. The Labute approximate surface area is 183 Å². The molecule has 1 unspecified atom stereocenters. The van der Waals surface area contributed by atoms with Crippen molar-refractivity contribution in [2.45, 2.75) is 60.2 Å². The fourth-order valence-electron chi connectivity index (χ4n) is 3.14. The van der Waals surface area contributed by atoms with Crippen LogP contribution in [-0.2, 0) is 16.1 Å². The van der Waals surface area contributed by atoms with E-state index in [2.05, 4.69) is 16.0 Å². The van der Waals surface area contributed by atoms with Gasteiger partial charge in [-0.15, -0.1) is 0 Å². The van der Waals surface area contributed by atoms with Crippen LogP contribution in [-0.4, -0.2) is 30.1 Å². The van der Waals surface area contributed by atoms with Crippen molar-refractivity contribution in [3.8, 4) is 0 Å². The number of hydrogen-bond donors (Lipinski definition) is 3. The molecule has 2 aromatic rings. The monoisotopic (exact) mass is 425 g/mol. The van der Waals surface area contributed by atoms with Crippen LogP contribution in [0.3, 0.4) is 0 Å². The number of carbonyl (C=O) groups excluding carboxylic acids is 3. The van der Waals surface area contributed by atoms with Crippen LogP contribution >= 0.6 is 0 Å². The van der Waals surface area contributed by atoms with E-state index < -0.39 is 12.1 Å². The van der Waals surface area contributed by atoms with Crippen LogP contribution in [0, 0.1) is 20.8 Å². The Balaban J connectivity index is 1.92. The van der Waals surface area contributed by atoms with Gasteiger partial charge in [0.05, 0.1) is 5.56 Å². The van der Waals surface area contributed by atoms with Gasteiger partial charge in [-0.1, -0.05) is 29.8 Å². The molecule has 0 aliphatic rings. The van der Waals surface area contributed by atoms with E-state index >= 15 is 0 Å². The zero-order valence-electron chi connectivity index (χ0n) is 19.0. The van der Waals surface area contributed by atoms with Gasteiger partial charge in [0, 0.05) is 18.3 Å². The molecule has 2 aromatic carbocycles. The summed E-state index contributed by atoms with van der Waals surface area (Å²) in [4.78, 5) is 36.6. The smallest absolute Gasteiger partial charge is 0.338 e. The molecule has 3 amide bonds. The summed E-state index contributed by atoms with van der Waals surface area (Å²) < 4.78 is 5.32. The van der Waals surface area contributed by atoms with Crippen LogP contribution in [0.25, 0.3) is 0 Å². The van der Waals surface area contributed by atoms with Crippen LogP contribution in [0.2, 0.25) is 0 Å². The van der Waals surface area contributed by atoms with E-state index in [0.29, 0.717) is 12.1 Å². The van der Waals surface area contributed by atoms with Crippen molar-refractivity contribution in [1.82, 2.24) is 10.6 Å². The van der Waals surface area contributed by atoms with E-state index in [-0.39, 0.29) is 18.0 Å². The number of urea groups is 1. The van der Waals surface area contributed by atoms with Crippen molar-refractivity contribution in [1.29, 1.82) is 0 Å². The minimum absolute atomic E-state index is 0.0511. The van der Waals surface area contributed by atoms with Gasteiger partial charge in [-0.05, 0) is 70.4 Å². The molecule has 0 aromatic heterocycles. The number of esters is 1. The lowest BCUT2D eigenvalue weighted by atomic mass is 10.0. The maximum Gasteiger partial charge on any atom is 0.338 e. The molecular weight excluding hydrogens is 394 g/mol. The number of carbonyl (C=O) groups is 3. The number of hydrogen-bond acceptors (Lipinski definition) is 4. The van der Waals surface area contributed by atoms with Crippen molar-refractivity contribution < 1.29 is 19.1 Å². The van der Waals surface area contributed by atoms with Crippen LogP contribution < -0.4 is 16.0 Å². The van der Waals surface area contributed by atoms with Gasteiger partial charge >= 0.3 is 12.0 Å². The van der Waals surface area contributed by atoms with Crippen LogP contribution in [0.1, 0.15) is 53.4 Å². The molecule has 0 heterocycles. The first-order chi connectivity index (χ1) is 14.6. The predicted molar refractivity (Wildman–Crippen MR) is 121 cm³/mol. The molecule has 0 aliphatic carbocycles. The Morgan fingerprint density at radius 1 is 0.935 bits per heavy atom. The Morgan fingerprint density at radius 3 is 2.06 bits per heavy atom. The van der Waals surface area contributed by atoms with Crippen LogP contribution in [0.4, 0.5) is 10.5 Å². The predicted octanol–water partition coefficient (Wildman–Crippen LogP) is 4.00. The van der Waals surface area contributed by atoms with E-state index in [9.17, 15) is 14.4 Å². The summed E-state index contributed by atoms with van der Waals surface area (Å²) in [7, 11) is 0. The van der Waals surface area contributed by atoms with Gasteiger partial charge in [0.25, 0.3) is 5.91 Å². The van der Waals surface area contributed by atoms with Crippen molar-refractivity contribution in [3.05, 3.63) is 64.2 Å². The first-order valence-electron chi connectivity index (χ1n) is 10.3. The fraction of sp³-hybridized carbons (Fsp3) is 0.375. The van der Waals surface area contributed by atoms with Gasteiger partial charge in [-0.3, -0.25) is 4.79 Å². The van der Waals surface area contributed by atoms with E-state index in [0.717, 1.165) is 27.9 Å². The third-order valence-electron chi connectivity index (χ3n) is 4.64. The van der Waals surface area contributed by atoms with E-state index in [1.807, 2.05) is 46.8 Å². The molecule has 1 atom stereocenters. The summed E-state index contributed by atoms with van der Waals surface area (Å²) >= 11 is 0. The summed E-state index contributed by atoms with van der Waals surface area (Å²) in [5.41, 5.74) is 4.93. The summed E-state index contributed by atoms with van der Waals surface area (Å²) in [6.07, 6.45) is -0.950. The quantitative estimate of drug-likeness (QED) is 0.584. The first-order valence-corrected chi connectivity index (χ1v) is 10.3. The molecular formula is C24H31N3O4. The summed E-state index contributed by atoms with van der Waals surface area (Å²) in [5.74, 6) is -0.975. The molecule has 0 saturated carbocycles. The third kappa shape index (κ3) is 7.13. The van der Waals surface area contributed by atoms with E-state index in [4.69, 9.17) is 4.74 Å². The maximum atomic E-state index is 12.5. The molecule has 0 radical (unpaired) electrons.